The molecule has 0 radical (unpaired) electrons. The molecule has 0 N–H and O–H groups in total. The van der Waals surface area contributed by atoms with Crippen molar-refractivity contribution < 1.29 is 14.1 Å². The largest absolute Gasteiger partial charge is 0.461 e. The lowest BCUT2D eigenvalue weighted by Gasteiger charge is -2.27. The second-order valence-corrected chi connectivity index (χ2v) is 4.99. The van der Waals surface area contributed by atoms with Gasteiger partial charge < -0.3 is 9.26 Å². The molecular formula is C12H17NO3. The van der Waals surface area contributed by atoms with Crippen molar-refractivity contribution in [2.45, 2.75) is 40.0 Å². The Bertz CT molecular complexity index is 406. The first kappa shape index (κ1) is 11.2. The van der Waals surface area contributed by atoms with Gasteiger partial charge in [0.15, 0.2) is 5.69 Å². The van der Waals surface area contributed by atoms with Gasteiger partial charge in [-0.25, -0.2) is 4.79 Å². The molecule has 0 saturated carbocycles. The van der Waals surface area contributed by atoms with E-state index in [1.165, 1.54) is 0 Å². The van der Waals surface area contributed by atoms with E-state index in [4.69, 9.17) is 9.26 Å². The van der Waals surface area contributed by atoms with Gasteiger partial charge in [0, 0.05) is 12.0 Å². The van der Waals surface area contributed by atoms with E-state index in [1.54, 1.807) is 6.92 Å². The molecule has 0 amide bonds. The number of ether oxygens (including phenoxy) is 1. The van der Waals surface area contributed by atoms with Gasteiger partial charge in [0.25, 0.3) is 0 Å². The first-order valence-corrected chi connectivity index (χ1v) is 5.68. The zero-order valence-corrected chi connectivity index (χ0v) is 10.0. The van der Waals surface area contributed by atoms with Crippen LogP contribution >= 0.6 is 0 Å². The number of rotatable bonds is 2. The van der Waals surface area contributed by atoms with Crippen molar-refractivity contribution in [3.05, 3.63) is 17.0 Å². The van der Waals surface area contributed by atoms with E-state index in [0.29, 0.717) is 12.3 Å². The lowest BCUT2D eigenvalue weighted by Crippen LogP contribution is -2.22. The van der Waals surface area contributed by atoms with Crippen molar-refractivity contribution in [1.29, 1.82) is 0 Å². The topological polar surface area (TPSA) is 52.3 Å². The van der Waals surface area contributed by atoms with E-state index in [9.17, 15) is 4.79 Å². The molecular weight excluding hydrogens is 206 g/mol. The Balaban J connectivity index is 2.26. The van der Waals surface area contributed by atoms with E-state index < -0.39 is 0 Å². The highest BCUT2D eigenvalue weighted by Crippen LogP contribution is 2.36. The van der Waals surface area contributed by atoms with Crippen molar-refractivity contribution >= 4 is 5.97 Å². The summed E-state index contributed by atoms with van der Waals surface area (Å²) in [5, 5.41) is 3.83. The van der Waals surface area contributed by atoms with Crippen molar-refractivity contribution in [3.63, 3.8) is 0 Å². The third-order valence-corrected chi connectivity index (χ3v) is 3.03. The maximum Gasteiger partial charge on any atom is 0.360 e. The van der Waals surface area contributed by atoms with Crippen LogP contribution in [0.5, 0.6) is 0 Å². The van der Waals surface area contributed by atoms with Gasteiger partial charge in [-0.1, -0.05) is 19.0 Å². The van der Waals surface area contributed by atoms with Crippen LogP contribution in [-0.2, 0) is 17.6 Å². The Kier molecular flexibility index (Phi) is 2.74. The number of aromatic nitrogens is 1. The highest BCUT2D eigenvalue weighted by atomic mass is 16.5. The van der Waals surface area contributed by atoms with Crippen LogP contribution in [-0.4, -0.2) is 17.7 Å². The molecule has 0 aliphatic heterocycles. The highest BCUT2D eigenvalue weighted by molar-refractivity contribution is 5.89. The van der Waals surface area contributed by atoms with E-state index in [0.717, 1.165) is 30.6 Å². The molecule has 4 nitrogen and oxygen atoms in total. The zero-order valence-electron chi connectivity index (χ0n) is 10.0. The summed E-state index contributed by atoms with van der Waals surface area (Å²) in [6.07, 6.45) is 2.74. The fraction of sp³-hybridized carbons (Fsp3) is 0.667. The van der Waals surface area contributed by atoms with E-state index >= 15 is 0 Å². The summed E-state index contributed by atoms with van der Waals surface area (Å²) in [7, 11) is 0. The summed E-state index contributed by atoms with van der Waals surface area (Å²) in [6, 6.07) is 0. The van der Waals surface area contributed by atoms with Gasteiger partial charge in [-0.2, -0.15) is 0 Å². The predicted molar refractivity (Wildman–Crippen MR) is 58.3 cm³/mol. The number of nitrogens with zero attached hydrogens (tertiary/aromatic N) is 1. The average molecular weight is 223 g/mol. The number of carbonyl (C=O) groups is 1. The van der Waals surface area contributed by atoms with Crippen LogP contribution in [0.2, 0.25) is 0 Å². The summed E-state index contributed by atoms with van der Waals surface area (Å²) in [4.78, 5) is 11.6. The Labute approximate surface area is 95.0 Å². The van der Waals surface area contributed by atoms with Crippen molar-refractivity contribution in [3.8, 4) is 0 Å². The number of hydrogen-bond donors (Lipinski definition) is 0. The molecule has 1 aliphatic carbocycles. The van der Waals surface area contributed by atoms with E-state index in [2.05, 4.69) is 19.0 Å². The van der Waals surface area contributed by atoms with E-state index in [1.807, 2.05) is 0 Å². The number of fused-ring (bicyclic) bond motifs is 1. The Hall–Kier alpha value is -1.32. The molecule has 1 aromatic rings. The van der Waals surface area contributed by atoms with E-state index in [-0.39, 0.29) is 11.4 Å². The van der Waals surface area contributed by atoms with Gasteiger partial charge in [0.2, 0.25) is 0 Å². The molecule has 0 aromatic carbocycles. The molecule has 0 spiro atoms. The van der Waals surface area contributed by atoms with Gasteiger partial charge in [-0.05, 0) is 25.2 Å². The van der Waals surface area contributed by atoms with Crippen LogP contribution in [0.4, 0.5) is 0 Å². The molecule has 1 aliphatic rings. The van der Waals surface area contributed by atoms with Crippen LogP contribution in [0.3, 0.4) is 0 Å². The molecule has 1 aromatic heterocycles. The van der Waals surface area contributed by atoms with Gasteiger partial charge in [-0.15, -0.1) is 0 Å². The van der Waals surface area contributed by atoms with Crippen LogP contribution in [0.15, 0.2) is 4.52 Å². The van der Waals surface area contributed by atoms with Gasteiger partial charge >= 0.3 is 5.97 Å². The SMILES string of the molecule is CCOC(=O)c1noc2c1CCC(C)(C)C2. The molecule has 0 saturated heterocycles. The standard InChI is InChI=1S/C12H17NO3/c1-4-15-11(14)10-8-5-6-12(2,3)7-9(8)16-13-10/h4-7H2,1-3H3. The number of carbonyl (C=O) groups excluding carboxylic acids is 1. The second-order valence-electron chi connectivity index (χ2n) is 4.99. The molecule has 0 unspecified atom stereocenters. The molecule has 16 heavy (non-hydrogen) atoms. The van der Waals surface area contributed by atoms with Crippen LogP contribution in [0.1, 0.15) is 49.0 Å². The van der Waals surface area contributed by atoms with Crippen molar-refractivity contribution in [2.75, 3.05) is 6.61 Å². The maximum absolute atomic E-state index is 11.6. The summed E-state index contributed by atoms with van der Waals surface area (Å²) in [5.74, 6) is 0.478. The fourth-order valence-corrected chi connectivity index (χ4v) is 2.09. The molecule has 1 heterocycles. The second kappa shape index (κ2) is 3.92. The van der Waals surface area contributed by atoms with Crippen LogP contribution in [0, 0.1) is 5.41 Å². The summed E-state index contributed by atoms with van der Waals surface area (Å²) < 4.78 is 10.2. The summed E-state index contributed by atoms with van der Waals surface area (Å²) in [5.41, 5.74) is 1.54. The predicted octanol–water partition coefficient (Wildman–Crippen LogP) is 2.37. The highest BCUT2D eigenvalue weighted by Gasteiger charge is 2.32. The molecule has 88 valence electrons. The lowest BCUT2D eigenvalue weighted by molar-refractivity contribution is 0.0513. The quantitative estimate of drug-likeness (QED) is 0.722. The third-order valence-electron chi connectivity index (χ3n) is 3.03. The zero-order chi connectivity index (χ0) is 11.8. The van der Waals surface area contributed by atoms with Gasteiger partial charge in [-0.3, -0.25) is 0 Å². The van der Waals surface area contributed by atoms with Crippen LogP contribution < -0.4 is 0 Å². The lowest BCUT2D eigenvalue weighted by atomic mass is 9.77. The Morgan fingerprint density at radius 3 is 3.00 bits per heavy atom. The Morgan fingerprint density at radius 1 is 1.56 bits per heavy atom. The maximum atomic E-state index is 11.6. The first-order valence-electron chi connectivity index (χ1n) is 5.68. The molecule has 2 rings (SSSR count). The minimum Gasteiger partial charge on any atom is -0.461 e. The molecule has 0 fully saturated rings. The van der Waals surface area contributed by atoms with Gasteiger partial charge in [0.05, 0.1) is 6.61 Å². The smallest absolute Gasteiger partial charge is 0.360 e. The molecule has 4 heteroatoms. The van der Waals surface area contributed by atoms with Crippen LogP contribution in [0.25, 0.3) is 0 Å². The third kappa shape index (κ3) is 1.96. The first-order chi connectivity index (χ1) is 7.53. The molecule has 0 atom stereocenters. The minimum atomic E-state index is -0.368. The van der Waals surface area contributed by atoms with Gasteiger partial charge in [0.1, 0.15) is 5.76 Å². The average Bonchev–Trinajstić information content (AvgIpc) is 2.59. The minimum absolute atomic E-state index is 0.235. The summed E-state index contributed by atoms with van der Waals surface area (Å²) >= 11 is 0. The molecule has 0 bridgehead atoms. The normalized spacial score (nSPS) is 17.9. The van der Waals surface area contributed by atoms with Crippen molar-refractivity contribution in [2.24, 2.45) is 5.41 Å². The Morgan fingerprint density at radius 2 is 2.31 bits per heavy atom. The fourth-order valence-electron chi connectivity index (χ4n) is 2.09. The van der Waals surface area contributed by atoms with Crippen molar-refractivity contribution in [1.82, 2.24) is 5.16 Å². The monoisotopic (exact) mass is 223 g/mol. The summed E-state index contributed by atoms with van der Waals surface area (Å²) in [6.45, 7) is 6.55. The number of hydrogen-bond acceptors (Lipinski definition) is 4. The number of esters is 1.